The second kappa shape index (κ2) is 14.0. The topological polar surface area (TPSA) is 68.8 Å². The van der Waals surface area contributed by atoms with Gasteiger partial charge in [0.05, 0.1) is 0 Å². The Hall–Kier alpha value is -1.06. The highest BCUT2D eigenvalue weighted by atomic mass is 127. The molecule has 0 aliphatic carbocycles. The van der Waals surface area contributed by atoms with Gasteiger partial charge in [0, 0.05) is 49.9 Å². The number of nitrogens with one attached hydrogen (secondary N) is 3. The maximum absolute atomic E-state index is 12.0. The fourth-order valence-corrected chi connectivity index (χ4v) is 3.39. The molecule has 0 aromatic heterocycles. The Morgan fingerprint density at radius 1 is 1.14 bits per heavy atom. The molecule has 158 valence electrons. The number of benzene rings is 1. The lowest BCUT2D eigenvalue weighted by Gasteiger charge is -2.33. The van der Waals surface area contributed by atoms with Crippen molar-refractivity contribution < 1.29 is 4.79 Å². The van der Waals surface area contributed by atoms with Crippen LogP contribution in [0.15, 0.2) is 29.3 Å². The number of halogens is 2. The zero-order valence-electron chi connectivity index (χ0n) is 16.8. The van der Waals surface area contributed by atoms with Crippen molar-refractivity contribution >= 4 is 47.4 Å². The molecule has 0 spiro atoms. The predicted octanol–water partition coefficient (Wildman–Crippen LogP) is 3.12. The number of piperidine rings is 1. The Labute approximate surface area is 190 Å². The third-order valence-electron chi connectivity index (χ3n) is 4.89. The lowest BCUT2D eigenvalue weighted by Crippen LogP contribution is -2.43. The van der Waals surface area contributed by atoms with Crippen molar-refractivity contribution in [2.24, 2.45) is 4.99 Å². The molecule has 0 radical (unpaired) electrons. The maximum Gasteiger partial charge on any atom is 0.251 e. The van der Waals surface area contributed by atoms with Crippen LogP contribution in [0.2, 0.25) is 5.02 Å². The average Bonchev–Trinajstić information content (AvgIpc) is 2.68. The highest BCUT2D eigenvalue weighted by Crippen LogP contribution is 2.16. The van der Waals surface area contributed by atoms with E-state index in [1.165, 1.54) is 25.8 Å². The molecular weight excluding hydrogens is 489 g/mol. The van der Waals surface area contributed by atoms with E-state index in [1.807, 2.05) is 0 Å². The van der Waals surface area contributed by atoms with Crippen LogP contribution < -0.4 is 16.0 Å². The number of guanidine groups is 1. The Balaban J connectivity index is 0.00000392. The first-order chi connectivity index (χ1) is 13.1. The van der Waals surface area contributed by atoms with Gasteiger partial charge in [-0.1, -0.05) is 18.0 Å². The molecule has 1 heterocycles. The van der Waals surface area contributed by atoms with E-state index in [2.05, 4.69) is 32.8 Å². The summed E-state index contributed by atoms with van der Waals surface area (Å²) < 4.78 is 0. The van der Waals surface area contributed by atoms with E-state index in [-0.39, 0.29) is 29.9 Å². The third-order valence-corrected chi connectivity index (χ3v) is 5.14. The minimum absolute atomic E-state index is 0. The zero-order valence-corrected chi connectivity index (χ0v) is 19.9. The standard InChI is InChI=1S/C20H32ClN5O.HI/c1-16-6-3-4-14-26(16)15-5-11-24-20(22-2)25-13-12-23-19(27)17-7-9-18(21)10-8-17;/h7-10,16H,3-6,11-15H2,1-2H3,(H,23,27)(H2,22,24,25);1H. The average molecular weight is 522 g/mol. The number of hydrogen-bond donors (Lipinski definition) is 3. The van der Waals surface area contributed by atoms with E-state index in [0.717, 1.165) is 25.5 Å². The summed E-state index contributed by atoms with van der Waals surface area (Å²) in [6, 6.07) is 7.57. The molecule has 1 unspecified atom stereocenters. The SMILES string of the molecule is CN=C(NCCCN1CCCCC1C)NCCNC(=O)c1ccc(Cl)cc1.I. The largest absolute Gasteiger partial charge is 0.356 e. The van der Waals surface area contributed by atoms with Crippen molar-refractivity contribution in [2.75, 3.05) is 39.8 Å². The van der Waals surface area contributed by atoms with Crippen LogP contribution in [0.1, 0.15) is 43.0 Å². The van der Waals surface area contributed by atoms with Gasteiger partial charge in [0.25, 0.3) is 5.91 Å². The highest BCUT2D eigenvalue weighted by Gasteiger charge is 2.17. The molecule has 1 atom stereocenters. The summed E-state index contributed by atoms with van der Waals surface area (Å²) in [5.41, 5.74) is 0.605. The normalized spacial score (nSPS) is 17.5. The summed E-state index contributed by atoms with van der Waals surface area (Å²) >= 11 is 5.83. The molecule has 6 nitrogen and oxygen atoms in total. The molecule has 1 saturated heterocycles. The van der Waals surface area contributed by atoms with Crippen LogP contribution in [0.25, 0.3) is 0 Å². The van der Waals surface area contributed by atoms with Gasteiger partial charge in [0.2, 0.25) is 0 Å². The van der Waals surface area contributed by atoms with Gasteiger partial charge in [-0.05, 0) is 57.0 Å². The molecule has 3 N–H and O–H groups in total. The first kappa shape index (κ1) is 25.0. The summed E-state index contributed by atoms with van der Waals surface area (Å²) in [6.07, 6.45) is 5.10. The van der Waals surface area contributed by atoms with Crippen molar-refractivity contribution in [1.82, 2.24) is 20.9 Å². The van der Waals surface area contributed by atoms with E-state index in [1.54, 1.807) is 31.3 Å². The molecule has 8 heteroatoms. The van der Waals surface area contributed by atoms with E-state index >= 15 is 0 Å². The van der Waals surface area contributed by atoms with Gasteiger partial charge >= 0.3 is 0 Å². The molecule has 1 aliphatic rings. The molecule has 0 bridgehead atoms. The van der Waals surface area contributed by atoms with Crippen LogP contribution in [0.3, 0.4) is 0 Å². The molecule has 2 rings (SSSR count). The molecule has 28 heavy (non-hydrogen) atoms. The van der Waals surface area contributed by atoms with Gasteiger partial charge in [0.1, 0.15) is 0 Å². The predicted molar refractivity (Wildman–Crippen MR) is 128 cm³/mol. The number of nitrogens with zero attached hydrogens (tertiary/aromatic N) is 2. The molecule has 1 fully saturated rings. The highest BCUT2D eigenvalue weighted by molar-refractivity contribution is 14.0. The number of aliphatic imine (C=N–C) groups is 1. The van der Waals surface area contributed by atoms with Crippen LogP contribution in [-0.4, -0.2) is 62.6 Å². The number of rotatable bonds is 8. The van der Waals surface area contributed by atoms with Gasteiger partial charge in [-0.15, -0.1) is 24.0 Å². The van der Waals surface area contributed by atoms with Crippen molar-refractivity contribution in [3.05, 3.63) is 34.9 Å². The van der Waals surface area contributed by atoms with Crippen LogP contribution >= 0.6 is 35.6 Å². The molecular formula is C20H33ClIN5O. The molecule has 1 aromatic carbocycles. The fourth-order valence-electron chi connectivity index (χ4n) is 3.26. The monoisotopic (exact) mass is 521 g/mol. The van der Waals surface area contributed by atoms with Crippen molar-refractivity contribution in [3.8, 4) is 0 Å². The van der Waals surface area contributed by atoms with Crippen molar-refractivity contribution in [2.45, 2.75) is 38.6 Å². The molecule has 1 aromatic rings. The van der Waals surface area contributed by atoms with Crippen LogP contribution in [-0.2, 0) is 0 Å². The Bertz CT molecular complexity index is 611. The van der Waals surface area contributed by atoms with E-state index < -0.39 is 0 Å². The van der Waals surface area contributed by atoms with Gasteiger partial charge < -0.3 is 20.9 Å². The van der Waals surface area contributed by atoms with E-state index in [9.17, 15) is 4.79 Å². The lowest BCUT2D eigenvalue weighted by atomic mass is 10.0. The Morgan fingerprint density at radius 3 is 2.50 bits per heavy atom. The summed E-state index contributed by atoms with van der Waals surface area (Å²) in [5.74, 6) is 0.662. The third kappa shape index (κ3) is 8.96. The number of hydrogen-bond acceptors (Lipinski definition) is 3. The van der Waals surface area contributed by atoms with Gasteiger partial charge in [-0.3, -0.25) is 9.79 Å². The van der Waals surface area contributed by atoms with Crippen LogP contribution in [0.4, 0.5) is 0 Å². The zero-order chi connectivity index (χ0) is 19.5. The first-order valence-electron chi connectivity index (χ1n) is 9.82. The number of amides is 1. The van der Waals surface area contributed by atoms with Gasteiger partial charge in [-0.2, -0.15) is 0 Å². The quantitative estimate of drug-likeness (QED) is 0.213. The van der Waals surface area contributed by atoms with Gasteiger partial charge in [0.15, 0.2) is 5.96 Å². The van der Waals surface area contributed by atoms with E-state index in [4.69, 9.17) is 11.6 Å². The van der Waals surface area contributed by atoms with Crippen LogP contribution in [0, 0.1) is 0 Å². The summed E-state index contributed by atoms with van der Waals surface area (Å²) in [4.78, 5) is 18.8. The van der Waals surface area contributed by atoms with Crippen molar-refractivity contribution in [1.29, 1.82) is 0 Å². The summed E-state index contributed by atoms with van der Waals surface area (Å²) in [6.45, 7) is 6.70. The second-order valence-electron chi connectivity index (χ2n) is 6.92. The van der Waals surface area contributed by atoms with E-state index in [0.29, 0.717) is 29.7 Å². The first-order valence-corrected chi connectivity index (χ1v) is 10.2. The number of carbonyl (C=O) groups is 1. The fraction of sp³-hybridized carbons (Fsp3) is 0.600. The Kier molecular flexibility index (Phi) is 12.5. The molecule has 0 saturated carbocycles. The Morgan fingerprint density at radius 2 is 1.82 bits per heavy atom. The minimum Gasteiger partial charge on any atom is -0.356 e. The second-order valence-corrected chi connectivity index (χ2v) is 7.36. The summed E-state index contributed by atoms with van der Waals surface area (Å²) in [7, 11) is 1.76. The van der Waals surface area contributed by atoms with Gasteiger partial charge in [-0.25, -0.2) is 0 Å². The lowest BCUT2D eigenvalue weighted by molar-refractivity contribution is 0.0954. The summed E-state index contributed by atoms with van der Waals surface area (Å²) in [5, 5.41) is 10.1. The smallest absolute Gasteiger partial charge is 0.251 e. The minimum atomic E-state index is -0.105. The van der Waals surface area contributed by atoms with Crippen LogP contribution in [0.5, 0.6) is 0 Å². The molecule has 1 aliphatic heterocycles. The number of carbonyl (C=O) groups excluding carboxylic acids is 1. The maximum atomic E-state index is 12.0. The number of likely N-dealkylation sites (tertiary alicyclic amines) is 1. The molecule has 1 amide bonds. The van der Waals surface area contributed by atoms with Crippen molar-refractivity contribution in [3.63, 3.8) is 0 Å².